The number of hydrogen-bond donors (Lipinski definition) is 1. The number of anilines is 1. The van der Waals surface area contributed by atoms with Gasteiger partial charge in [0.05, 0.1) is 17.1 Å². The molecule has 32 heavy (non-hydrogen) atoms. The molecule has 0 bridgehead atoms. The van der Waals surface area contributed by atoms with E-state index in [0.29, 0.717) is 56.3 Å². The molecule has 3 aromatic rings. The third-order valence-electron chi connectivity index (χ3n) is 5.55. The molecule has 2 heterocycles. The molecule has 0 aliphatic heterocycles. The third kappa shape index (κ3) is 4.42. The number of halogens is 1. The van der Waals surface area contributed by atoms with E-state index >= 15 is 0 Å². The summed E-state index contributed by atoms with van der Waals surface area (Å²) < 4.78 is 30.8. The fraction of sp³-hybridized carbons (Fsp3) is 0.364. The van der Waals surface area contributed by atoms with E-state index in [1.807, 2.05) is 13.8 Å². The van der Waals surface area contributed by atoms with Crippen molar-refractivity contribution in [1.82, 2.24) is 14.5 Å². The Morgan fingerprint density at radius 2 is 1.88 bits per heavy atom. The van der Waals surface area contributed by atoms with Gasteiger partial charge in [0.15, 0.2) is 0 Å². The lowest BCUT2D eigenvalue weighted by Gasteiger charge is -2.17. The van der Waals surface area contributed by atoms with E-state index in [0.717, 1.165) is 0 Å². The van der Waals surface area contributed by atoms with E-state index in [4.69, 9.17) is 11.6 Å². The Hall–Kier alpha value is -2.36. The molecule has 1 N–H and O–H groups in total. The average Bonchev–Trinajstić information content (AvgIpc) is 3.26. The van der Waals surface area contributed by atoms with Gasteiger partial charge in [0.2, 0.25) is 0 Å². The first-order valence-electron chi connectivity index (χ1n) is 10.2. The Bertz CT molecular complexity index is 1270. The molecule has 0 aliphatic carbocycles. The largest absolute Gasteiger partial charge is 0.345 e. The summed E-state index contributed by atoms with van der Waals surface area (Å²) in [5, 5.41) is 1.09. The Balaban J connectivity index is 2.02. The molecule has 3 rings (SSSR count). The van der Waals surface area contributed by atoms with E-state index in [1.54, 1.807) is 61.6 Å². The Morgan fingerprint density at radius 3 is 2.50 bits per heavy atom. The van der Waals surface area contributed by atoms with Gasteiger partial charge in [-0.3, -0.25) is 9.52 Å². The summed E-state index contributed by atoms with van der Waals surface area (Å²) in [5.41, 5.74) is 2.92. The quantitative estimate of drug-likeness (QED) is 0.500. The Morgan fingerprint density at radius 1 is 1.22 bits per heavy atom. The van der Waals surface area contributed by atoms with Crippen LogP contribution in [0.4, 0.5) is 5.69 Å². The summed E-state index contributed by atoms with van der Waals surface area (Å²) >= 11 is 7.42. The van der Waals surface area contributed by atoms with Crippen LogP contribution < -0.4 is 4.72 Å². The van der Waals surface area contributed by atoms with Crippen LogP contribution in [0.3, 0.4) is 0 Å². The van der Waals surface area contributed by atoms with Gasteiger partial charge in [0.25, 0.3) is 15.9 Å². The van der Waals surface area contributed by atoms with Gasteiger partial charge in [-0.2, -0.15) is 0 Å². The minimum atomic E-state index is -3.86. The first-order chi connectivity index (χ1) is 15.0. The number of carbonyl (C=O) groups excluding carboxylic acids is 1. The fourth-order valence-corrected chi connectivity index (χ4v) is 6.10. The van der Waals surface area contributed by atoms with Crippen LogP contribution >= 0.6 is 22.9 Å². The standard InChI is InChI=1S/C22H27ClN4O3S2/c1-7-27(8-2)22(28)20-14(4)24-21(31-20)18-12-19(15(5)26(18)6)32(29,30)25-17-11-9-10-16(23)13(17)3/h9-12,25H,7-8H2,1-6H3. The Kier molecular flexibility index (Phi) is 7.02. The molecule has 0 atom stereocenters. The van der Waals surface area contributed by atoms with E-state index in [9.17, 15) is 13.2 Å². The highest BCUT2D eigenvalue weighted by Gasteiger charge is 2.26. The van der Waals surface area contributed by atoms with Crippen molar-refractivity contribution in [3.05, 3.63) is 51.1 Å². The highest BCUT2D eigenvalue weighted by atomic mass is 35.5. The van der Waals surface area contributed by atoms with Crippen molar-refractivity contribution < 1.29 is 13.2 Å². The number of thiazole rings is 1. The van der Waals surface area contributed by atoms with Crippen LogP contribution in [0, 0.1) is 20.8 Å². The maximum Gasteiger partial charge on any atom is 0.265 e. The first kappa shape index (κ1) is 24.3. The first-order valence-corrected chi connectivity index (χ1v) is 12.9. The number of rotatable bonds is 7. The number of amides is 1. The molecular weight excluding hydrogens is 468 g/mol. The van der Waals surface area contributed by atoms with Crippen molar-refractivity contribution in [3.63, 3.8) is 0 Å². The van der Waals surface area contributed by atoms with E-state index < -0.39 is 10.0 Å². The highest BCUT2D eigenvalue weighted by molar-refractivity contribution is 7.92. The van der Waals surface area contributed by atoms with Gasteiger partial charge in [0, 0.05) is 30.9 Å². The second-order valence-electron chi connectivity index (χ2n) is 7.47. The number of aryl methyl sites for hydroxylation is 1. The van der Waals surface area contributed by atoms with Gasteiger partial charge in [0.1, 0.15) is 14.8 Å². The lowest BCUT2D eigenvalue weighted by Crippen LogP contribution is -2.30. The number of nitrogens with one attached hydrogen (secondary N) is 1. The van der Waals surface area contributed by atoms with Gasteiger partial charge in [-0.1, -0.05) is 17.7 Å². The zero-order chi connectivity index (χ0) is 23.8. The monoisotopic (exact) mass is 494 g/mol. The second kappa shape index (κ2) is 9.25. The van der Waals surface area contributed by atoms with Crippen LogP contribution in [0.5, 0.6) is 0 Å². The minimum absolute atomic E-state index is 0.0619. The van der Waals surface area contributed by atoms with Crippen molar-refractivity contribution in [2.75, 3.05) is 17.8 Å². The molecule has 0 saturated carbocycles. The van der Waals surface area contributed by atoms with Crippen molar-refractivity contribution in [2.24, 2.45) is 7.05 Å². The minimum Gasteiger partial charge on any atom is -0.345 e. The molecule has 1 amide bonds. The molecular formula is C22H27ClN4O3S2. The fourth-order valence-electron chi connectivity index (χ4n) is 3.43. The van der Waals surface area contributed by atoms with Gasteiger partial charge in [-0.25, -0.2) is 13.4 Å². The Labute approximate surface area is 198 Å². The van der Waals surface area contributed by atoms with Gasteiger partial charge in [-0.05, 0) is 58.4 Å². The maximum atomic E-state index is 13.2. The molecule has 172 valence electrons. The molecule has 1 aromatic carbocycles. The number of hydrogen-bond acceptors (Lipinski definition) is 5. The number of carbonyl (C=O) groups is 1. The van der Waals surface area contributed by atoms with Crippen molar-refractivity contribution in [3.8, 4) is 10.7 Å². The molecule has 0 spiro atoms. The second-order valence-corrected chi connectivity index (χ2v) is 10.5. The third-order valence-corrected chi connectivity index (χ3v) is 8.61. The predicted octanol–water partition coefficient (Wildman–Crippen LogP) is 5.01. The van der Waals surface area contributed by atoms with Gasteiger partial charge >= 0.3 is 0 Å². The summed E-state index contributed by atoms with van der Waals surface area (Å²) in [6, 6.07) is 6.68. The van der Waals surface area contributed by atoms with Crippen LogP contribution in [0.1, 0.15) is 40.5 Å². The molecule has 0 fully saturated rings. The van der Waals surface area contributed by atoms with Crippen LogP contribution in [-0.2, 0) is 17.1 Å². The summed E-state index contributed by atoms with van der Waals surface area (Å²) in [7, 11) is -2.07. The van der Waals surface area contributed by atoms with E-state index in [-0.39, 0.29) is 10.8 Å². The van der Waals surface area contributed by atoms with E-state index in [1.165, 1.54) is 11.3 Å². The van der Waals surface area contributed by atoms with Crippen molar-refractivity contribution in [1.29, 1.82) is 0 Å². The van der Waals surface area contributed by atoms with Crippen LogP contribution in [0.2, 0.25) is 5.02 Å². The molecule has 0 unspecified atom stereocenters. The van der Waals surface area contributed by atoms with Crippen LogP contribution in [0.15, 0.2) is 29.2 Å². The SMILES string of the molecule is CCN(CC)C(=O)c1sc(-c2cc(S(=O)(=O)Nc3cccc(Cl)c3C)c(C)n2C)nc1C. The number of benzene rings is 1. The van der Waals surface area contributed by atoms with Crippen LogP contribution in [0.25, 0.3) is 10.7 Å². The molecule has 0 saturated heterocycles. The number of nitrogens with zero attached hydrogens (tertiary/aromatic N) is 3. The van der Waals surface area contributed by atoms with Gasteiger partial charge in [-0.15, -0.1) is 11.3 Å². The summed E-state index contributed by atoms with van der Waals surface area (Å²) in [6.45, 7) is 10.4. The van der Waals surface area contributed by atoms with Gasteiger partial charge < -0.3 is 9.47 Å². The normalized spacial score (nSPS) is 11.6. The smallest absolute Gasteiger partial charge is 0.265 e. The molecule has 10 heteroatoms. The van der Waals surface area contributed by atoms with E-state index in [2.05, 4.69) is 9.71 Å². The highest BCUT2D eigenvalue weighted by Crippen LogP contribution is 2.34. The summed E-state index contributed by atoms with van der Waals surface area (Å²) in [5.74, 6) is -0.0619. The lowest BCUT2D eigenvalue weighted by molar-refractivity contribution is 0.0777. The number of aromatic nitrogens is 2. The zero-order valence-corrected chi connectivity index (χ0v) is 21.4. The topological polar surface area (TPSA) is 84.3 Å². The zero-order valence-electron chi connectivity index (χ0n) is 19.0. The van der Waals surface area contributed by atoms with Crippen molar-refractivity contribution >= 4 is 44.6 Å². The summed E-state index contributed by atoms with van der Waals surface area (Å²) in [4.78, 5) is 19.9. The molecule has 2 aromatic heterocycles. The van der Waals surface area contributed by atoms with Crippen LogP contribution in [-0.4, -0.2) is 41.9 Å². The average molecular weight is 495 g/mol. The van der Waals surface area contributed by atoms with Crippen molar-refractivity contribution in [2.45, 2.75) is 39.5 Å². The summed E-state index contributed by atoms with van der Waals surface area (Å²) in [6.07, 6.45) is 0. The molecule has 0 aliphatic rings. The maximum absolute atomic E-state index is 13.2. The number of sulfonamides is 1. The predicted molar refractivity (Wildman–Crippen MR) is 130 cm³/mol. The molecule has 7 nitrogen and oxygen atoms in total. The lowest BCUT2D eigenvalue weighted by atomic mass is 10.2. The molecule has 0 radical (unpaired) electrons.